The summed E-state index contributed by atoms with van der Waals surface area (Å²) in [6.07, 6.45) is 3.26. The van der Waals surface area contributed by atoms with Gasteiger partial charge in [0.2, 0.25) is 5.91 Å². The Hall–Kier alpha value is -1.65. The number of benzene rings is 1. The van der Waals surface area contributed by atoms with Crippen LogP contribution in [0.15, 0.2) is 24.3 Å². The molecule has 23 heavy (non-hydrogen) atoms. The second-order valence-electron chi connectivity index (χ2n) is 6.54. The summed E-state index contributed by atoms with van der Waals surface area (Å²) in [6.45, 7) is 3.56. The van der Waals surface area contributed by atoms with Gasteiger partial charge in [-0.05, 0) is 49.8 Å². The van der Waals surface area contributed by atoms with Crippen molar-refractivity contribution in [1.82, 2.24) is 4.90 Å². The van der Waals surface area contributed by atoms with E-state index in [0.717, 1.165) is 18.4 Å². The molecule has 1 aromatic carbocycles. The average Bonchev–Trinajstić information content (AvgIpc) is 3.30. The lowest BCUT2D eigenvalue weighted by molar-refractivity contribution is -0.134. The molecule has 1 aromatic rings. The van der Waals surface area contributed by atoms with Gasteiger partial charge >= 0.3 is 6.61 Å². The Kier molecular flexibility index (Phi) is 5.97. The summed E-state index contributed by atoms with van der Waals surface area (Å²) in [7, 11) is 0. The Morgan fingerprint density at radius 1 is 1.22 bits per heavy atom. The molecular weight excluding hydrogens is 300 g/mol. The van der Waals surface area contributed by atoms with E-state index in [1.54, 1.807) is 12.1 Å². The normalized spacial score (nSPS) is 15.8. The highest BCUT2D eigenvalue weighted by molar-refractivity contribution is 5.77. The van der Waals surface area contributed by atoms with Crippen molar-refractivity contribution < 1.29 is 18.3 Å². The summed E-state index contributed by atoms with van der Waals surface area (Å²) in [5, 5.41) is 0. The molecule has 1 atom stereocenters. The Morgan fingerprint density at radius 3 is 2.30 bits per heavy atom. The molecule has 1 aliphatic rings. The highest BCUT2D eigenvalue weighted by Gasteiger charge is 2.36. The summed E-state index contributed by atoms with van der Waals surface area (Å²) in [5.41, 5.74) is 0.952. The number of aryl methyl sites for hydroxylation is 1. The number of alkyl halides is 2. The Bertz CT molecular complexity index is 512. The minimum Gasteiger partial charge on any atom is -0.435 e. The molecule has 128 valence electrons. The summed E-state index contributed by atoms with van der Waals surface area (Å²) in [5.74, 6) is 0.759. The molecule has 2 rings (SSSR count). The minimum absolute atomic E-state index is 0.142. The third-order valence-electron chi connectivity index (χ3n) is 4.41. The molecule has 1 fully saturated rings. The van der Waals surface area contributed by atoms with Crippen LogP contribution in [0.4, 0.5) is 8.78 Å². The maximum Gasteiger partial charge on any atom is 0.387 e. The molecule has 3 nitrogen and oxygen atoms in total. The van der Waals surface area contributed by atoms with Crippen molar-refractivity contribution in [2.75, 3.05) is 0 Å². The molecule has 0 bridgehead atoms. The van der Waals surface area contributed by atoms with E-state index >= 15 is 0 Å². The zero-order chi connectivity index (χ0) is 17.0. The maximum atomic E-state index is 12.6. The third-order valence-corrected chi connectivity index (χ3v) is 4.41. The smallest absolute Gasteiger partial charge is 0.387 e. The van der Waals surface area contributed by atoms with Gasteiger partial charge in [-0.2, -0.15) is 8.78 Å². The van der Waals surface area contributed by atoms with Crippen LogP contribution >= 0.6 is 0 Å². The van der Waals surface area contributed by atoms with Gasteiger partial charge in [-0.25, -0.2) is 0 Å². The van der Waals surface area contributed by atoms with Gasteiger partial charge < -0.3 is 9.64 Å². The fourth-order valence-corrected chi connectivity index (χ4v) is 2.66. The summed E-state index contributed by atoms with van der Waals surface area (Å²) < 4.78 is 28.5. The fourth-order valence-electron chi connectivity index (χ4n) is 2.66. The Morgan fingerprint density at radius 2 is 1.83 bits per heavy atom. The molecule has 0 radical (unpaired) electrons. The van der Waals surface area contributed by atoms with Crippen molar-refractivity contribution >= 4 is 5.91 Å². The van der Waals surface area contributed by atoms with Crippen molar-refractivity contribution in [3.8, 4) is 5.75 Å². The number of carbonyl (C=O) groups excluding carboxylic acids is 1. The lowest BCUT2D eigenvalue weighted by Crippen LogP contribution is -2.43. The first-order chi connectivity index (χ1) is 10.9. The standard InChI is InChI=1S/C18H25F2NO2/c1-12(2)13(3)21(15-7-8-15)17(22)11-6-14-4-9-16(10-5-14)23-18(19)20/h4-5,9-10,12-13,15,18H,6-8,11H2,1-3H3. The molecule has 1 aliphatic carbocycles. The SMILES string of the molecule is CC(C)C(C)N(C(=O)CCc1ccc(OC(F)F)cc1)C1CC1. The van der Waals surface area contributed by atoms with E-state index in [1.807, 2.05) is 4.90 Å². The molecule has 5 heteroatoms. The lowest BCUT2D eigenvalue weighted by Gasteiger charge is -2.32. The zero-order valence-corrected chi connectivity index (χ0v) is 14.0. The van der Waals surface area contributed by atoms with Gasteiger partial charge in [0.25, 0.3) is 0 Å². The van der Waals surface area contributed by atoms with Crippen molar-refractivity contribution in [3.63, 3.8) is 0 Å². The first-order valence-electron chi connectivity index (χ1n) is 8.23. The molecule has 0 spiro atoms. The van der Waals surface area contributed by atoms with Gasteiger partial charge in [-0.3, -0.25) is 4.79 Å². The van der Waals surface area contributed by atoms with Crippen LogP contribution in [0, 0.1) is 5.92 Å². The second kappa shape index (κ2) is 7.75. The van der Waals surface area contributed by atoms with Crippen LogP contribution in [0.25, 0.3) is 0 Å². The minimum atomic E-state index is -2.81. The number of halogens is 2. The largest absolute Gasteiger partial charge is 0.435 e. The molecule has 0 saturated heterocycles. The van der Waals surface area contributed by atoms with E-state index in [9.17, 15) is 13.6 Å². The van der Waals surface area contributed by atoms with Gasteiger partial charge in [-0.15, -0.1) is 0 Å². The van der Waals surface area contributed by atoms with Gasteiger partial charge in [0.1, 0.15) is 5.75 Å². The van der Waals surface area contributed by atoms with E-state index in [-0.39, 0.29) is 17.7 Å². The quantitative estimate of drug-likeness (QED) is 0.715. The van der Waals surface area contributed by atoms with Gasteiger partial charge in [0.05, 0.1) is 0 Å². The lowest BCUT2D eigenvalue weighted by atomic mass is 10.0. The van der Waals surface area contributed by atoms with Crippen LogP contribution in [-0.2, 0) is 11.2 Å². The highest BCUT2D eigenvalue weighted by atomic mass is 19.3. The molecule has 1 unspecified atom stereocenters. The third kappa shape index (κ3) is 5.19. The van der Waals surface area contributed by atoms with Crippen molar-refractivity contribution in [2.45, 2.75) is 65.1 Å². The molecule has 1 saturated carbocycles. The van der Waals surface area contributed by atoms with Crippen LogP contribution < -0.4 is 4.74 Å². The average molecular weight is 325 g/mol. The fraction of sp³-hybridized carbons (Fsp3) is 0.611. The zero-order valence-electron chi connectivity index (χ0n) is 14.0. The Balaban J connectivity index is 1.89. The van der Waals surface area contributed by atoms with E-state index in [1.165, 1.54) is 12.1 Å². The topological polar surface area (TPSA) is 29.5 Å². The first kappa shape index (κ1) is 17.7. The highest BCUT2D eigenvalue weighted by Crippen LogP contribution is 2.31. The van der Waals surface area contributed by atoms with E-state index in [2.05, 4.69) is 25.5 Å². The van der Waals surface area contributed by atoms with Crippen LogP contribution in [0.5, 0.6) is 5.75 Å². The van der Waals surface area contributed by atoms with Gasteiger partial charge in [0.15, 0.2) is 0 Å². The van der Waals surface area contributed by atoms with Crippen LogP contribution in [0.3, 0.4) is 0 Å². The molecule has 1 amide bonds. The van der Waals surface area contributed by atoms with E-state index < -0.39 is 6.61 Å². The Labute approximate surface area is 136 Å². The van der Waals surface area contributed by atoms with Crippen molar-refractivity contribution in [2.24, 2.45) is 5.92 Å². The number of rotatable bonds is 8. The molecule has 0 heterocycles. The summed E-state index contributed by atoms with van der Waals surface area (Å²) in [6, 6.07) is 7.15. The van der Waals surface area contributed by atoms with Crippen LogP contribution in [-0.4, -0.2) is 29.5 Å². The van der Waals surface area contributed by atoms with Crippen LogP contribution in [0.1, 0.15) is 45.6 Å². The number of ether oxygens (including phenoxy) is 1. The van der Waals surface area contributed by atoms with Crippen LogP contribution in [0.2, 0.25) is 0 Å². The number of hydrogen-bond acceptors (Lipinski definition) is 2. The number of carbonyl (C=O) groups is 1. The molecular formula is C18H25F2NO2. The van der Waals surface area contributed by atoms with E-state index in [4.69, 9.17) is 0 Å². The van der Waals surface area contributed by atoms with Gasteiger partial charge in [-0.1, -0.05) is 26.0 Å². The first-order valence-corrected chi connectivity index (χ1v) is 8.23. The van der Waals surface area contributed by atoms with Gasteiger partial charge in [0, 0.05) is 18.5 Å². The number of amides is 1. The summed E-state index contributed by atoms with van der Waals surface area (Å²) in [4.78, 5) is 14.6. The van der Waals surface area contributed by atoms with Crippen molar-refractivity contribution in [3.05, 3.63) is 29.8 Å². The summed E-state index contributed by atoms with van der Waals surface area (Å²) >= 11 is 0. The number of hydrogen-bond donors (Lipinski definition) is 0. The monoisotopic (exact) mass is 325 g/mol. The van der Waals surface area contributed by atoms with E-state index in [0.29, 0.717) is 24.8 Å². The number of nitrogens with zero attached hydrogens (tertiary/aromatic N) is 1. The predicted octanol–water partition coefficient (Wildman–Crippen LogP) is 4.26. The predicted molar refractivity (Wildman–Crippen MR) is 85.6 cm³/mol. The van der Waals surface area contributed by atoms with Crippen molar-refractivity contribution in [1.29, 1.82) is 0 Å². The molecule has 0 aliphatic heterocycles. The molecule has 0 aromatic heterocycles. The molecule has 0 N–H and O–H groups in total. The second-order valence-corrected chi connectivity index (χ2v) is 6.54. The maximum absolute atomic E-state index is 12.6.